The minimum Gasteiger partial charge on any atom is -0.383 e. The van der Waals surface area contributed by atoms with E-state index in [-0.39, 0.29) is 6.04 Å². The average molecular weight is 237 g/mol. The van der Waals surface area contributed by atoms with Crippen molar-refractivity contribution in [2.24, 2.45) is 0 Å². The topological polar surface area (TPSA) is 79.5 Å². The largest absolute Gasteiger partial charge is 0.383 e. The van der Waals surface area contributed by atoms with Crippen LogP contribution < -0.4 is 14.8 Å². The van der Waals surface area contributed by atoms with Crippen LogP contribution in [-0.2, 0) is 14.9 Å². The van der Waals surface area contributed by atoms with E-state index in [0.717, 1.165) is 19.4 Å². The Hall–Kier alpha value is -0.210. The zero-order valence-corrected chi connectivity index (χ0v) is 9.77. The Bertz CT molecular complexity index is 262. The molecule has 0 aliphatic carbocycles. The van der Waals surface area contributed by atoms with E-state index in [1.54, 1.807) is 0 Å². The first-order valence-electron chi connectivity index (χ1n) is 5.10. The van der Waals surface area contributed by atoms with Crippen LogP contribution >= 0.6 is 0 Å². The van der Waals surface area contributed by atoms with Crippen LogP contribution in [0.25, 0.3) is 0 Å². The van der Waals surface area contributed by atoms with Gasteiger partial charge in [0.15, 0.2) is 0 Å². The first kappa shape index (κ1) is 12.9. The summed E-state index contributed by atoms with van der Waals surface area (Å²) in [7, 11) is -1.84. The molecule has 1 unspecified atom stereocenters. The molecule has 0 aromatic rings. The lowest BCUT2D eigenvalue weighted by atomic mass is 10.1. The Morgan fingerprint density at radius 1 is 1.53 bits per heavy atom. The molecule has 0 spiro atoms. The molecule has 1 rings (SSSR count). The summed E-state index contributed by atoms with van der Waals surface area (Å²) in [6, 6.07) is -0.00112. The highest BCUT2D eigenvalue weighted by Gasteiger charge is 2.18. The standard InChI is InChI=1S/C8H19N3O3S/c1-14-6-5-10-15(12,13)11-8-3-2-4-9-7-8/h8-11H,2-7H2,1H3. The lowest BCUT2D eigenvalue weighted by Gasteiger charge is -2.23. The van der Waals surface area contributed by atoms with Crippen LogP contribution in [0, 0.1) is 0 Å². The van der Waals surface area contributed by atoms with E-state index in [4.69, 9.17) is 4.74 Å². The molecule has 0 aromatic carbocycles. The number of hydrogen-bond acceptors (Lipinski definition) is 4. The number of ether oxygens (including phenoxy) is 1. The third kappa shape index (κ3) is 5.43. The van der Waals surface area contributed by atoms with Crippen LogP contribution in [-0.4, -0.2) is 47.8 Å². The van der Waals surface area contributed by atoms with Crippen LogP contribution in [0.5, 0.6) is 0 Å². The molecule has 0 amide bonds. The minimum atomic E-state index is -3.37. The van der Waals surface area contributed by atoms with E-state index in [1.165, 1.54) is 7.11 Å². The Kier molecular flexibility index (Phi) is 5.48. The SMILES string of the molecule is COCCNS(=O)(=O)NC1CCCNC1. The first-order valence-corrected chi connectivity index (χ1v) is 6.59. The van der Waals surface area contributed by atoms with Gasteiger partial charge in [-0.3, -0.25) is 0 Å². The summed E-state index contributed by atoms with van der Waals surface area (Å²) in [5, 5.41) is 3.15. The van der Waals surface area contributed by atoms with Crippen molar-refractivity contribution >= 4 is 10.2 Å². The van der Waals surface area contributed by atoms with E-state index in [9.17, 15) is 8.42 Å². The fourth-order valence-corrected chi connectivity index (χ4v) is 2.57. The third-order valence-corrected chi connectivity index (χ3v) is 3.44. The summed E-state index contributed by atoms with van der Waals surface area (Å²) in [4.78, 5) is 0. The highest BCUT2D eigenvalue weighted by Crippen LogP contribution is 2.01. The quantitative estimate of drug-likeness (QED) is 0.508. The second-order valence-electron chi connectivity index (χ2n) is 3.55. The van der Waals surface area contributed by atoms with E-state index in [2.05, 4.69) is 14.8 Å². The molecular formula is C8H19N3O3S. The van der Waals surface area contributed by atoms with Crippen LogP contribution in [0.2, 0.25) is 0 Å². The summed E-state index contributed by atoms with van der Waals surface area (Å²) >= 11 is 0. The minimum absolute atomic E-state index is 0.00112. The van der Waals surface area contributed by atoms with Gasteiger partial charge in [-0.1, -0.05) is 0 Å². The molecule has 0 saturated carbocycles. The Labute approximate surface area is 90.9 Å². The molecule has 1 atom stereocenters. The van der Waals surface area contributed by atoms with Crippen LogP contribution in [0.1, 0.15) is 12.8 Å². The summed E-state index contributed by atoms with van der Waals surface area (Å²) in [5.74, 6) is 0. The van der Waals surface area contributed by atoms with Crippen molar-refractivity contribution in [2.45, 2.75) is 18.9 Å². The number of nitrogens with one attached hydrogen (secondary N) is 3. The maximum Gasteiger partial charge on any atom is 0.277 e. The molecule has 1 saturated heterocycles. The van der Waals surface area contributed by atoms with Crippen LogP contribution in [0.3, 0.4) is 0 Å². The Morgan fingerprint density at radius 3 is 2.93 bits per heavy atom. The summed E-state index contributed by atoms with van der Waals surface area (Å²) in [6.07, 6.45) is 1.89. The van der Waals surface area contributed by atoms with E-state index in [0.29, 0.717) is 19.7 Å². The maximum atomic E-state index is 11.5. The van der Waals surface area contributed by atoms with Gasteiger partial charge < -0.3 is 10.1 Å². The van der Waals surface area contributed by atoms with Gasteiger partial charge in [-0.15, -0.1) is 0 Å². The van der Waals surface area contributed by atoms with E-state index < -0.39 is 10.2 Å². The van der Waals surface area contributed by atoms with Crippen molar-refractivity contribution in [1.29, 1.82) is 0 Å². The van der Waals surface area contributed by atoms with Crippen molar-refractivity contribution in [1.82, 2.24) is 14.8 Å². The predicted octanol–water partition coefficient (Wildman–Crippen LogP) is -1.19. The zero-order valence-electron chi connectivity index (χ0n) is 8.95. The highest BCUT2D eigenvalue weighted by atomic mass is 32.2. The van der Waals surface area contributed by atoms with Gasteiger partial charge in [0, 0.05) is 26.2 Å². The molecule has 1 aliphatic heterocycles. The maximum absolute atomic E-state index is 11.5. The number of piperidine rings is 1. The normalized spacial score (nSPS) is 22.9. The molecular weight excluding hydrogens is 218 g/mol. The van der Waals surface area contributed by atoms with Crippen molar-refractivity contribution < 1.29 is 13.2 Å². The number of methoxy groups -OCH3 is 1. The average Bonchev–Trinajstić information content (AvgIpc) is 2.18. The van der Waals surface area contributed by atoms with Crippen molar-refractivity contribution in [3.05, 3.63) is 0 Å². The first-order chi connectivity index (χ1) is 7.14. The van der Waals surface area contributed by atoms with Crippen LogP contribution in [0.4, 0.5) is 0 Å². The monoisotopic (exact) mass is 237 g/mol. The lowest BCUT2D eigenvalue weighted by molar-refractivity contribution is 0.204. The summed E-state index contributed by atoms with van der Waals surface area (Å²) < 4.78 is 32.7. The molecule has 0 aromatic heterocycles. The number of hydrogen-bond donors (Lipinski definition) is 3. The highest BCUT2D eigenvalue weighted by molar-refractivity contribution is 7.87. The zero-order chi connectivity index (χ0) is 11.1. The van der Waals surface area contributed by atoms with Crippen molar-refractivity contribution in [3.8, 4) is 0 Å². The van der Waals surface area contributed by atoms with Gasteiger partial charge in [-0.05, 0) is 19.4 Å². The van der Waals surface area contributed by atoms with Gasteiger partial charge >= 0.3 is 0 Å². The van der Waals surface area contributed by atoms with Crippen molar-refractivity contribution in [3.63, 3.8) is 0 Å². The molecule has 7 heteroatoms. The van der Waals surface area contributed by atoms with Gasteiger partial charge in [-0.25, -0.2) is 0 Å². The molecule has 90 valence electrons. The fourth-order valence-electron chi connectivity index (χ4n) is 1.49. The fraction of sp³-hybridized carbons (Fsp3) is 1.00. The van der Waals surface area contributed by atoms with E-state index in [1.807, 2.05) is 0 Å². The molecule has 0 radical (unpaired) electrons. The second-order valence-corrected chi connectivity index (χ2v) is 5.08. The van der Waals surface area contributed by atoms with Gasteiger partial charge in [0.1, 0.15) is 0 Å². The number of rotatable bonds is 6. The molecule has 1 fully saturated rings. The molecule has 15 heavy (non-hydrogen) atoms. The smallest absolute Gasteiger partial charge is 0.277 e. The van der Waals surface area contributed by atoms with Gasteiger partial charge in [0.25, 0.3) is 10.2 Å². The Morgan fingerprint density at radius 2 is 2.33 bits per heavy atom. The molecule has 1 aliphatic rings. The van der Waals surface area contributed by atoms with E-state index >= 15 is 0 Å². The molecule has 6 nitrogen and oxygen atoms in total. The summed E-state index contributed by atoms with van der Waals surface area (Å²) in [5.41, 5.74) is 0. The third-order valence-electron chi connectivity index (χ3n) is 2.22. The van der Waals surface area contributed by atoms with Gasteiger partial charge in [0.05, 0.1) is 6.61 Å². The summed E-state index contributed by atoms with van der Waals surface area (Å²) in [6.45, 7) is 2.34. The molecule has 3 N–H and O–H groups in total. The van der Waals surface area contributed by atoms with Gasteiger partial charge in [-0.2, -0.15) is 17.9 Å². The Balaban J connectivity index is 2.27. The lowest BCUT2D eigenvalue weighted by Crippen LogP contribution is -2.49. The molecule has 0 bridgehead atoms. The predicted molar refractivity (Wildman–Crippen MR) is 57.8 cm³/mol. The van der Waals surface area contributed by atoms with Crippen molar-refractivity contribution in [2.75, 3.05) is 33.4 Å². The second kappa shape index (κ2) is 6.39. The molecule has 1 heterocycles. The van der Waals surface area contributed by atoms with Gasteiger partial charge in [0.2, 0.25) is 0 Å². The van der Waals surface area contributed by atoms with Crippen LogP contribution in [0.15, 0.2) is 0 Å².